The third-order valence-corrected chi connectivity index (χ3v) is 3.60. The molecule has 1 atom stereocenters. The van der Waals surface area contributed by atoms with Crippen LogP contribution in [0.4, 0.5) is 0 Å². The van der Waals surface area contributed by atoms with E-state index in [9.17, 15) is 0 Å². The van der Waals surface area contributed by atoms with Crippen LogP contribution in [0.25, 0.3) is 0 Å². The first kappa shape index (κ1) is 10.6. The molecular formula is C13H21. The van der Waals surface area contributed by atoms with Gasteiger partial charge in [-0.05, 0) is 44.3 Å². The zero-order valence-electron chi connectivity index (χ0n) is 9.78. The number of hydrogen-bond acceptors (Lipinski definition) is 0. The van der Waals surface area contributed by atoms with E-state index in [1.807, 2.05) is 0 Å². The summed E-state index contributed by atoms with van der Waals surface area (Å²) in [5, 5.41) is 0. The molecular weight excluding hydrogens is 156 g/mol. The molecule has 0 spiro atoms. The zero-order chi connectivity index (χ0) is 10.2. The molecule has 0 heteroatoms. The fourth-order valence-corrected chi connectivity index (χ4v) is 2.19. The van der Waals surface area contributed by atoms with Crippen molar-refractivity contribution in [1.29, 1.82) is 0 Å². The molecule has 1 radical (unpaired) electrons. The van der Waals surface area contributed by atoms with E-state index in [0.717, 1.165) is 0 Å². The van der Waals surface area contributed by atoms with E-state index in [4.69, 9.17) is 0 Å². The second kappa shape index (κ2) is 3.69. The van der Waals surface area contributed by atoms with Gasteiger partial charge in [0.15, 0.2) is 0 Å². The van der Waals surface area contributed by atoms with Crippen molar-refractivity contribution in [2.24, 2.45) is 5.92 Å². The lowest BCUT2D eigenvalue weighted by atomic mass is 9.87. The predicted octanol–water partition coefficient (Wildman–Crippen LogP) is 4.29. The third kappa shape index (κ3) is 1.59. The summed E-state index contributed by atoms with van der Waals surface area (Å²) in [6, 6.07) is 0. The van der Waals surface area contributed by atoms with Crippen molar-refractivity contribution in [3.05, 3.63) is 28.2 Å². The Kier molecular flexibility index (Phi) is 3.00. The second-order valence-electron chi connectivity index (χ2n) is 4.22. The fourth-order valence-electron chi connectivity index (χ4n) is 2.19. The second-order valence-corrected chi connectivity index (χ2v) is 4.22. The molecule has 13 heavy (non-hydrogen) atoms. The summed E-state index contributed by atoms with van der Waals surface area (Å²) < 4.78 is 0. The van der Waals surface area contributed by atoms with Crippen molar-refractivity contribution in [1.82, 2.24) is 0 Å². The largest absolute Gasteiger partial charge is 0.0648 e. The van der Waals surface area contributed by atoms with Crippen molar-refractivity contribution in [3.63, 3.8) is 0 Å². The topological polar surface area (TPSA) is 0 Å². The molecule has 1 aliphatic carbocycles. The Morgan fingerprint density at radius 1 is 0.923 bits per heavy atom. The normalized spacial score (nSPS) is 21.7. The summed E-state index contributed by atoms with van der Waals surface area (Å²) >= 11 is 0. The van der Waals surface area contributed by atoms with E-state index in [1.54, 1.807) is 5.57 Å². The van der Waals surface area contributed by atoms with Gasteiger partial charge in [-0.25, -0.2) is 0 Å². The van der Waals surface area contributed by atoms with Crippen LogP contribution in [0.5, 0.6) is 0 Å². The molecule has 0 aromatic heterocycles. The molecule has 0 aromatic rings. The van der Waals surface area contributed by atoms with Gasteiger partial charge in [0.05, 0.1) is 0 Å². The van der Waals surface area contributed by atoms with Crippen LogP contribution in [-0.2, 0) is 0 Å². The van der Waals surface area contributed by atoms with E-state index >= 15 is 0 Å². The summed E-state index contributed by atoms with van der Waals surface area (Å²) in [7, 11) is 0. The van der Waals surface area contributed by atoms with E-state index in [-0.39, 0.29) is 0 Å². The Morgan fingerprint density at radius 2 is 1.46 bits per heavy atom. The molecule has 1 rings (SSSR count). The number of hydrogen-bond donors (Lipinski definition) is 0. The highest BCUT2D eigenvalue weighted by Crippen LogP contribution is 2.42. The van der Waals surface area contributed by atoms with Crippen LogP contribution >= 0.6 is 0 Å². The smallest absolute Gasteiger partial charge is 0.0232 e. The standard InChI is InChI=1S/C13H21/c1-7-8(2)13-11(5)9(3)10(4)12(13)6/h8H,7H2,1-6H3. The van der Waals surface area contributed by atoms with Gasteiger partial charge < -0.3 is 0 Å². The van der Waals surface area contributed by atoms with Gasteiger partial charge in [0, 0.05) is 5.92 Å². The average Bonchev–Trinajstić information content (AvgIpc) is 2.30. The first-order valence-electron chi connectivity index (χ1n) is 5.23. The minimum atomic E-state index is 0.715. The summed E-state index contributed by atoms with van der Waals surface area (Å²) in [6.45, 7) is 13.6. The molecule has 0 nitrogen and oxygen atoms in total. The van der Waals surface area contributed by atoms with E-state index in [0.29, 0.717) is 5.92 Å². The lowest BCUT2D eigenvalue weighted by Crippen LogP contribution is -2.04. The Balaban J connectivity index is 3.03. The van der Waals surface area contributed by atoms with Crippen molar-refractivity contribution < 1.29 is 0 Å². The summed E-state index contributed by atoms with van der Waals surface area (Å²) in [5.74, 6) is 2.23. The Morgan fingerprint density at radius 3 is 1.77 bits per heavy atom. The van der Waals surface area contributed by atoms with Crippen molar-refractivity contribution in [2.45, 2.75) is 48.0 Å². The van der Waals surface area contributed by atoms with Gasteiger partial charge in [-0.3, -0.25) is 0 Å². The highest BCUT2D eigenvalue weighted by molar-refractivity contribution is 5.57. The van der Waals surface area contributed by atoms with Crippen LogP contribution in [0.15, 0.2) is 22.3 Å². The molecule has 0 amide bonds. The van der Waals surface area contributed by atoms with E-state index in [1.165, 1.54) is 29.1 Å². The van der Waals surface area contributed by atoms with Crippen molar-refractivity contribution >= 4 is 0 Å². The first-order valence-corrected chi connectivity index (χ1v) is 5.23. The minimum Gasteiger partial charge on any atom is -0.0648 e. The molecule has 0 aromatic carbocycles. The summed E-state index contributed by atoms with van der Waals surface area (Å²) in [6.07, 6.45) is 1.24. The van der Waals surface area contributed by atoms with Gasteiger partial charge in [-0.1, -0.05) is 31.9 Å². The van der Waals surface area contributed by atoms with E-state index < -0.39 is 0 Å². The lowest BCUT2D eigenvalue weighted by molar-refractivity contribution is 0.646. The molecule has 1 unspecified atom stereocenters. The fraction of sp³-hybridized carbons (Fsp3) is 0.615. The van der Waals surface area contributed by atoms with Crippen molar-refractivity contribution in [2.75, 3.05) is 0 Å². The lowest BCUT2D eigenvalue weighted by Gasteiger charge is -2.18. The molecule has 0 saturated heterocycles. The van der Waals surface area contributed by atoms with Crippen LogP contribution in [0, 0.1) is 11.8 Å². The molecule has 0 heterocycles. The van der Waals surface area contributed by atoms with Crippen LogP contribution < -0.4 is 0 Å². The molecule has 0 saturated carbocycles. The third-order valence-electron chi connectivity index (χ3n) is 3.60. The summed E-state index contributed by atoms with van der Waals surface area (Å²) in [5.41, 5.74) is 6.10. The monoisotopic (exact) mass is 177 g/mol. The van der Waals surface area contributed by atoms with Gasteiger partial charge in [0.1, 0.15) is 0 Å². The highest BCUT2D eigenvalue weighted by Gasteiger charge is 2.26. The van der Waals surface area contributed by atoms with Gasteiger partial charge >= 0.3 is 0 Å². The summed E-state index contributed by atoms with van der Waals surface area (Å²) in [4.78, 5) is 0. The van der Waals surface area contributed by atoms with Crippen LogP contribution in [0.2, 0.25) is 0 Å². The van der Waals surface area contributed by atoms with Crippen LogP contribution in [-0.4, -0.2) is 0 Å². The zero-order valence-corrected chi connectivity index (χ0v) is 9.78. The van der Waals surface area contributed by atoms with Crippen LogP contribution in [0.1, 0.15) is 48.0 Å². The Hall–Kier alpha value is -0.520. The highest BCUT2D eigenvalue weighted by atomic mass is 14.3. The van der Waals surface area contributed by atoms with Gasteiger partial charge in [0.25, 0.3) is 0 Å². The Bertz CT molecular complexity index is 266. The maximum atomic E-state index is 2.33. The van der Waals surface area contributed by atoms with Gasteiger partial charge in [-0.15, -0.1) is 0 Å². The predicted molar refractivity (Wildman–Crippen MR) is 59.4 cm³/mol. The number of allylic oxidation sites excluding steroid dienone is 4. The molecule has 73 valence electrons. The number of rotatable bonds is 2. The molecule has 0 aliphatic heterocycles. The van der Waals surface area contributed by atoms with E-state index in [2.05, 4.69) is 41.5 Å². The molecule has 1 aliphatic rings. The van der Waals surface area contributed by atoms with Gasteiger partial charge in [0.2, 0.25) is 0 Å². The molecule has 0 bridgehead atoms. The molecule has 0 N–H and O–H groups in total. The Labute approximate surface area is 82.7 Å². The van der Waals surface area contributed by atoms with Crippen molar-refractivity contribution in [3.8, 4) is 0 Å². The van der Waals surface area contributed by atoms with Crippen LogP contribution in [0.3, 0.4) is 0 Å². The maximum absolute atomic E-state index is 2.33. The van der Waals surface area contributed by atoms with Gasteiger partial charge in [-0.2, -0.15) is 0 Å². The average molecular weight is 177 g/mol. The minimum absolute atomic E-state index is 0.715. The molecule has 0 fully saturated rings. The first-order chi connectivity index (χ1) is 6.00. The quantitative estimate of drug-likeness (QED) is 0.590. The SMILES string of the molecule is CCC(C)C1=C(C)C(C)=C(C)[C]1C. The maximum Gasteiger partial charge on any atom is 0.0232 e.